The van der Waals surface area contributed by atoms with Crippen molar-refractivity contribution in [3.8, 4) is 0 Å². The third kappa shape index (κ3) is 17.2. The second kappa shape index (κ2) is 13.3. The normalized spacial score (nSPS) is 15.9. The zero-order valence-electron chi connectivity index (χ0n) is 17.4. The minimum Gasteiger partial charge on any atom is -0.412 e. The summed E-state index contributed by atoms with van der Waals surface area (Å²) in [5.41, 5.74) is 4.66. The van der Waals surface area contributed by atoms with Crippen molar-refractivity contribution < 1.29 is 32.6 Å². The second-order valence-corrected chi connectivity index (χ2v) is 9.89. The Hall–Kier alpha value is -0.940. The fourth-order valence-electron chi connectivity index (χ4n) is 2.25. The molecule has 0 bridgehead atoms. The number of phosphoric acid groups is 2. The van der Waals surface area contributed by atoms with Crippen LogP contribution in [0.4, 0.5) is 0 Å². The summed E-state index contributed by atoms with van der Waals surface area (Å²) in [5, 5.41) is 0. The third-order valence-corrected chi connectivity index (χ3v) is 5.80. The summed E-state index contributed by atoms with van der Waals surface area (Å²) in [6, 6.07) is 0. The summed E-state index contributed by atoms with van der Waals surface area (Å²) in [6.07, 6.45) is 13.1. The summed E-state index contributed by atoms with van der Waals surface area (Å²) in [7, 11) is -9.92. The first-order chi connectivity index (χ1) is 12.8. The van der Waals surface area contributed by atoms with Gasteiger partial charge >= 0.3 is 15.6 Å². The van der Waals surface area contributed by atoms with Crippen LogP contribution in [0.1, 0.15) is 73.1 Å². The first kappa shape index (κ1) is 27.1. The molecule has 1 unspecified atom stereocenters. The van der Waals surface area contributed by atoms with E-state index >= 15 is 0 Å². The molecule has 0 radical (unpaired) electrons. The Balaban J connectivity index is 4.27. The summed E-state index contributed by atoms with van der Waals surface area (Å²) >= 11 is 0. The molecule has 0 saturated heterocycles. The van der Waals surface area contributed by atoms with E-state index in [0.717, 1.165) is 38.4 Å². The molecule has 9 heteroatoms. The average molecular weight is 436 g/mol. The predicted molar refractivity (Wildman–Crippen MR) is 112 cm³/mol. The topological polar surface area (TPSA) is 113 Å². The van der Waals surface area contributed by atoms with E-state index in [2.05, 4.69) is 54.8 Å². The highest BCUT2D eigenvalue weighted by Gasteiger charge is 2.32. The average Bonchev–Trinajstić information content (AvgIpc) is 2.50. The third-order valence-electron chi connectivity index (χ3n) is 3.75. The molecular weight excluding hydrogens is 402 g/mol. The fraction of sp³-hybridized carbons (Fsp3) is 0.579. The summed E-state index contributed by atoms with van der Waals surface area (Å²) in [4.78, 5) is 26.3. The molecule has 1 atom stereocenters. The largest absolute Gasteiger partial charge is 0.535 e. The van der Waals surface area contributed by atoms with Gasteiger partial charge in [-0.2, -0.15) is 4.31 Å². The van der Waals surface area contributed by atoms with Gasteiger partial charge in [-0.15, -0.1) is 0 Å². The Labute approximate surface area is 168 Å². The molecule has 0 heterocycles. The van der Waals surface area contributed by atoms with E-state index in [0.29, 0.717) is 12.0 Å². The lowest BCUT2D eigenvalue weighted by Gasteiger charge is -2.11. The molecule has 0 rings (SSSR count). The molecule has 0 aromatic carbocycles. The molecule has 0 spiro atoms. The molecule has 28 heavy (non-hydrogen) atoms. The molecule has 0 aliphatic rings. The second-order valence-electron chi connectivity index (χ2n) is 7.11. The maximum absolute atomic E-state index is 11.3. The number of allylic oxidation sites excluding steroid dienone is 7. The summed E-state index contributed by atoms with van der Waals surface area (Å²) < 4.78 is 30.1. The molecule has 0 fully saturated rings. The van der Waals surface area contributed by atoms with Crippen LogP contribution in [0.15, 0.2) is 46.8 Å². The number of hydrogen-bond donors (Lipinski definition) is 3. The first-order valence-corrected chi connectivity index (χ1v) is 12.2. The van der Waals surface area contributed by atoms with Crippen LogP contribution < -0.4 is 0 Å². The highest BCUT2D eigenvalue weighted by molar-refractivity contribution is 7.60. The van der Waals surface area contributed by atoms with Gasteiger partial charge in [0.15, 0.2) is 0 Å². The molecular formula is C19H34O7P2. The van der Waals surface area contributed by atoms with E-state index < -0.39 is 15.6 Å². The molecule has 0 amide bonds. The van der Waals surface area contributed by atoms with Crippen molar-refractivity contribution in [3.05, 3.63) is 46.8 Å². The highest BCUT2D eigenvalue weighted by atomic mass is 31.3. The van der Waals surface area contributed by atoms with E-state index in [4.69, 9.17) is 9.79 Å². The van der Waals surface area contributed by atoms with Crippen molar-refractivity contribution >= 4 is 15.6 Å². The molecule has 7 nitrogen and oxygen atoms in total. The monoisotopic (exact) mass is 436 g/mol. The van der Waals surface area contributed by atoms with Crippen LogP contribution in [0.2, 0.25) is 0 Å². The Bertz CT molecular complexity index is 695. The molecule has 0 saturated carbocycles. The molecule has 3 N–H and O–H groups in total. The van der Waals surface area contributed by atoms with Gasteiger partial charge in [0.05, 0.1) is 6.26 Å². The smallest absolute Gasteiger partial charge is 0.412 e. The van der Waals surface area contributed by atoms with E-state index in [1.54, 1.807) is 6.92 Å². The van der Waals surface area contributed by atoms with Crippen molar-refractivity contribution in [2.24, 2.45) is 0 Å². The van der Waals surface area contributed by atoms with E-state index in [1.165, 1.54) is 16.7 Å². The van der Waals surface area contributed by atoms with Gasteiger partial charge in [0.25, 0.3) is 0 Å². The van der Waals surface area contributed by atoms with E-state index in [9.17, 15) is 14.0 Å². The van der Waals surface area contributed by atoms with Gasteiger partial charge in [0, 0.05) is 0 Å². The Kier molecular flexibility index (Phi) is 12.9. The standard InChI is InChI=1S/C19H34O7P2/c1-16(2)9-6-10-17(3)11-7-12-18(4)13-8-14-19(5)15-25-28(23,24)26-27(20,21)22/h9,11,13,15H,6-8,10,12,14H2,1-5H3,(H,23,24)(H2,20,21,22)/b17-11+,18-13+,19-15+. The van der Waals surface area contributed by atoms with Crippen LogP contribution in [0, 0.1) is 0 Å². The zero-order chi connectivity index (χ0) is 21.8. The van der Waals surface area contributed by atoms with Crippen LogP contribution in [0.3, 0.4) is 0 Å². The van der Waals surface area contributed by atoms with E-state index in [1.807, 2.05) is 0 Å². The maximum atomic E-state index is 11.3. The van der Waals surface area contributed by atoms with Gasteiger partial charge < -0.3 is 14.3 Å². The molecule has 0 aliphatic carbocycles. The Morgan fingerprint density at radius 3 is 1.61 bits per heavy atom. The van der Waals surface area contributed by atoms with Gasteiger partial charge in [0.1, 0.15) is 0 Å². The van der Waals surface area contributed by atoms with Crippen molar-refractivity contribution in [2.45, 2.75) is 73.1 Å². The fourth-order valence-corrected chi connectivity index (χ4v) is 3.80. The summed E-state index contributed by atoms with van der Waals surface area (Å²) in [6.45, 7) is 10.1. The highest BCUT2D eigenvalue weighted by Crippen LogP contribution is 2.57. The minimum atomic E-state index is -5.09. The molecule has 162 valence electrons. The number of rotatable bonds is 13. The SMILES string of the molecule is CC(C)=CCC/C(C)=C/CC/C(C)=C/CC/C(C)=C/OP(=O)(O)OP(=O)(O)O. The van der Waals surface area contributed by atoms with E-state index in [-0.39, 0.29) is 0 Å². The zero-order valence-corrected chi connectivity index (χ0v) is 19.2. The quantitative estimate of drug-likeness (QED) is 0.176. The van der Waals surface area contributed by atoms with Crippen LogP contribution in [0.5, 0.6) is 0 Å². The number of hydrogen-bond acceptors (Lipinski definition) is 4. The lowest BCUT2D eigenvalue weighted by molar-refractivity contribution is 0.216. The van der Waals surface area contributed by atoms with Crippen LogP contribution in [0.25, 0.3) is 0 Å². The lowest BCUT2D eigenvalue weighted by Crippen LogP contribution is -1.90. The van der Waals surface area contributed by atoms with Crippen molar-refractivity contribution in [3.63, 3.8) is 0 Å². The van der Waals surface area contributed by atoms with Gasteiger partial charge in [-0.3, -0.25) is 4.89 Å². The van der Waals surface area contributed by atoms with Gasteiger partial charge in [-0.1, -0.05) is 34.9 Å². The van der Waals surface area contributed by atoms with Crippen LogP contribution >= 0.6 is 15.6 Å². The predicted octanol–water partition coefficient (Wildman–Crippen LogP) is 6.32. The minimum absolute atomic E-state index is 0.588. The van der Waals surface area contributed by atoms with Gasteiger partial charge in [-0.05, 0) is 78.7 Å². The van der Waals surface area contributed by atoms with Crippen LogP contribution in [-0.2, 0) is 18.0 Å². The Morgan fingerprint density at radius 1 is 0.750 bits per heavy atom. The summed E-state index contributed by atoms with van der Waals surface area (Å²) in [5.74, 6) is 0. The lowest BCUT2D eigenvalue weighted by atomic mass is 10.0. The molecule has 0 aromatic heterocycles. The van der Waals surface area contributed by atoms with Crippen molar-refractivity contribution in [1.82, 2.24) is 0 Å². The Morgan fingerprint density at radius 2 is 1.18 bits per heavy atom. The molecule has 0 aromatic rings. The van der Waals surface area contributed by atoms with Gasteiger partial charge in [0.2, 0.25) is 0 Å². The van der Waals surface area contributed by atoms with Crippen LogP contribution in [-0.4, -0.2) is 14.7 Å². The first-order valence-electron chi connectivity index (χ1n) is 9.19. The van der Waals surface area contributed by atoms with Crippen molar-refractivity contribution in [2.75, 3.05) is 0 Å². The van der Waals surface area contributed by atoms with Crippen molar-refractivity contribution in [1.29, 1.82) is 0 Å². The van der Waals surface area contributed by atoms with Gasteiger partial charge in [-0.25, -0.2) is 9.13 Å². The number of phosphoric ester groups is 1. The maximum Gasteiger partial charge on any atom is 0.535 e. The molecule has 0 aliphatic heterocycles.